The van der Waals surface area contributed by atoms with E-state index >= 15 is 0 Å². The summed E-state index contributed by atoms with van der Waals surface area (Å²) in [6, 6.07) is 18.6. The molecule has 510 valence electrons. The van der Waals surface area contributed by atoms with E-state index < -0.39 is 5.97 Å². The average Bonchev–Trinajstić information content (AvgIpc) is 1.61. The van der Waals surface area contributed by atoms with E-state index in [9.17, 15) is 19.5 Å². The number of fused-ring (bicyclic) bond motifs is 6. The van der Waals surface area contributed by atoms with Gasteiger partial charge in [-0.3, -0.25) is 24.2 Å². The van der Waals surface area contributed by atoms with Crippen molar-refractivity contribution in [3.63, 3.8) is 0 Å². The molecule has 14 rings (SSSR count). The van der Waals surface area contributed by atoms with Crippen LogP contribution in [0.1, 0.15) is 107 Å². The Kier molecular flexibility index (Phi) is 19.4. The summed E-state index contributed by atoms with van der Waals surface area (Å²) in [5.41, 5.74) is 12.9. The van der Waals surface area contributed by atoms with E-state index in [0.29, 0.717) is 129 Å². The molecule has 0 aromatic carbocycles. The number of pyridine rings is 5. The molecule has 0 saturated heterocycles. The minimum absolute atomic E-state index is 0.0524. The fourth-order valence-electron chi connectivity index (χ4n) is 13.4. The molecule has 10 aromatic heterocycles. The maximum Gasteiger partial charge on any atom is 0.391 e. The van der Waals surface area contributed by atoms with E-state index in [1.54, 1.807) is 110 Å². The van der Waals surface area contributed by atoms with Crippen molar-refractivity contribution < 1.29 is 43.0 Å². The standard InChI is InChI=1S/C31H33N7O4.C29H31N7O3.C12H14ClN4O/c1-18-32-9-7-27(35-18)36-24-12-21(16-34-29(24)41-5)22-6-8-33-28(23(22)17-42-19(2)39)38-11-10-37-25(30(38)40)13-20-14-31(3,4)15-26(20)37;1-17-30-8-6-25(33-17)34-22-11-19(15-32-27(22)39-4)20-5-7-31-26(21(20)16-37)36-10-9-35-23(28(36)38)12-18-13-29(2,3)14-24(18)35;1-8-14-5-4-11(15-8)16-10-6-9(13)7-17(2)12(10)18-3/h6-9,12-13,16H,10-11,14-15,17H2,1-5H3,(H,32,35,36);5-8,11-12,15,37H,9-10,13-14,16H2,1-4H3,(H,30,33,34);4-7H,1-3H3,(H,14,15,16)/q;;+1. The molecule has 99 heavy (non-hydrogen) atoms. The molecule has 0 fully saturated rings. The molecule has 2 aliphatic heterocycles. The highest BCUT2D eigenvalue weighted by Gasteiger charge is 2.40. The van der Waals surface area contributed by atoms with E-state index in [0.717, 1.165) is 53.6 Å². The van der Waals surface area contributed by atoms with Gasteiger partial charge in [0.1, 0.15) is 88.0 Å². The Labute approximate surface area is 577 Å². The van der Waals surface area contributed by atoms with Gasteiger partial charge in [-0.25, -0.2) is 49.8 Å². The zero-order valence-corrected chi connectivity index (χ0v) is 58.1. The number of nitrogens with one attached hydrogen (secondary N) is 3. The van der Waals surface area contributed by atoms with Crippen LogP contribution in [0.5, 0.6) is 17.6 Å². The number of methoxy groups -OCH3 is 3. The summed E-state index contributed by atoms with van der Waals surface area (Å²) in [6.45, 7) is 17.8. The van der Waals surface area contributed by atoms with E-state index in [2.05, 4.69) is 103 Å². The number of carbonyl (C=O) groups excluding carboxylic acids is 3. The van der Waals surface area contributed by atoms with Crippen LogP contribution in [0.15, 0.2) is 110 Å². The molecule has 10 aromatic rings. The second kappa shape index (κ2) is 28.2. The number of ether oxygens (including phenoxy) is 4. The number of esters is 1. The molecule has 26 nitrogen and oxygen atoms in total. The first-order valence-electron chi connectivity index (χ1n) is 32.3. The van der Waals surface area contributed by atoms with Gasteiger partial charge >= 0.3 is 11.8 Å². The van der Waals surface area contributed by atoms with Gasteiger partial charge in [0.05, 0.1) is 27.9 Å². The molecule has 4 N–H and O–H groups in total. The van der Waals surface area contributed by atoms with Crippen LogP contribution in [0.3, 0.4) is 0 Å². The number of carbonyl (C=O) groups is 3. The Balaban J connectivity index is 0.000000152. The highest BCUT2D eigenvalue weighted by Crippen LogP contribution is 2.43. The van der Waals surface area contributed by atoms with Crippen molar-refractivity contribution in [3.8, 4) is 39.9 Å². The van der Waals surface area contributed by atoms with Crippen LogP contribution in [0, 0.1) is 31.6 Å². The van der Waals surface area contributed by atoms with Crippen LogP contribution >= 0.6 is 11.6 Å². The van der Waals surface area contributed by atoms with E-state index in [-0.39, 0.29) is 35.9 Å². The van der Waals surface area contributed by atoms with Crippen LogP contribution in [0.4, 0.5) is 46.2 Å². The third-order valence-corrected chi connectivity index (χ3v) is 17.8. The quantitative estimate of drug-likeness (QED) is 0.0516. The van der Waals surface area contributed by atoms with Crippen molar-refractivity contribution in [2.45, 2.75) is 107 Å². The monoisotopic (exact) mass is 1360 g/mol. The molecule has 0 atom stereocenters. The van der Waals surface area contributed by atoms with Crippen molar-refractivity contribution in [1.29, 1.82) is 0 Å². The predicted molar refractivity (Wildman–Crippen MR) is 373 cm³/mol. The molecule has 0 bridgehead atoms. The number of nitrogens with zero attached hydrogens (tertiary/aromatic N) is 15. The lowest BCUT2D eigenvalue weighted by atomic mass is 9.90. The van der Waals surface area contributed by atoms with E-state index in [1.165, 1.54) is 29.4 Å². The number of aliphatic hydroxyl groups excluding tert-OH is 1. The SMILES string of the molecule is COc1c(Nc2ccnc(C)n2)cc(Cl)c[n+]1C.COc1ncc(-c2ccnc(N3CCn4c(cc5c4CC(C)(C)C5)C3=O)c2CO)cc1Nc1ccnc(C)n1.COc1ncc(-c2ccnc(N3CCn4c(cc5c4CC(C)(C)C5)C3=O)c2COC(C)=O)cc1Nc1ccnc(C)n1. The van der Waals surface area contributed by atoms with Gasteiger partial charge < -0.3 is 49.1 Å². The fraction of sp³-hybridized carbons (Fsp3) is 0.333. The Hall–Kier alpha value is -11.0. The third-order valence-electron chi connectivity index (χ3n) is 17.6. The minimum Gasteiger partial charge on any atom is -0.480 e. The number of aromatic nitrogens is 13. The van der Waals surface area contributed by atoms with Gasteiger partial charge in [0.25, 0.3) is 11.8 Å². The molecule has 0 spiro atoms. The molecule has 4 aliphatic rings. The Morgan fingerprint density at radius 2 is 1.01 bits per heavy atom. The number of aliphatic hydroxyl groups is 1. The maximum atomic E-state index is 13.9. The number of amides is 2. The molecule has 2 amide bonds. The number of hydrogen-bond donors (Lipinski definition) is 4. The first kappa shape index (κ1) is 68.0. The molecule has 12 heterocycles. The van der Waals surface area contributed by atoms with Gasteiger partial charge in [-0.15, -0.1) is 0 Å². The highest BCUT2D eigenvalue weighted by atomic mass is 35.5. The Morgan fingerprint density at radius 1 is 0.576 bits per heavy atom. The van der Waals surface area contributed by atoms with Crippen molar-refractivity contribution in [3.05, 3.63) is 178 Å². The minimum atomic E-state index is -0.428. The summed E-state index contributed by atoms with van der Waals surface area (Å²) in [5, 5.41) is 20.8. The molecule has 0 saturated carbocycles. The van der Waals surface area contributed by atoms with Gasteiger partial charge in [0.2, 0.25) is 11.8 Å². The van der Waals surface area contributed by atoms with Gasteiger partial charge in [-0.05, 0) is 140 Å². The summed E-state index contributed by atoms with van der Waals surface area (Å²) < 4.78 is 27.9. The van der Waals surface area contributed by atoms with Crippen LogP contribution in [0.2, 0.25) is 5.02 Å². The maximum absolute atomic E-state index is 13.9. The normalized spacial score (nSPS) is 14.5. The van der Waals surface area contributed by atoms with Gasteiger partial charge in [-0.1, -0.05) is 39.3 Å². The lowest BCUT2D eigenvalue weighted by molar-refractivity contribution is -0.675. The molecule has 0 unspecified atom stereocenters. The summed E-state index contributed by atoms with van der Waals surface area (Å²) >= 11 is 6.03. The van der Waals surface area contributed by atoms with Crippen LogP contribution in [0.25, 0.3) is 22.3 Å². The third kappa shape index (κ3) is 14.5. The van der Waals surface area contributed by atoms with E-state index in [1.807, 2.05) is 64.2 Å². The van der Waals surface area contributed by atoms with Crippen molar-refractivity contribution >= 4 is 75.5 Å². The molecule has 0 radical (unpaired) electrons. The van der Waals surface area contributed by atoms with Crippen molar-refractivity contribution in [2.75, 3.05) is 60.2 Å². The van der Waals surface area contributed by atoms with Gasteiger partial charge in [-0.2, -0.15) is 4.57 Å². The number of hydrogen-bond acceptors (Lipinski definition) is 21. The molecule has 27 heteroatoms. The lowest BCUT2D eigenvalue weighted by Crippen LogP contribution is -2.41. The van der Waals surface area contributed by atoms with Crippen LogP contribution in [-0.2, 0) is 68.6 Å². The number of anilines is 8. The topological polar surface area (TPSA) is 294 Å². The number of halogens is 1. The largest absolute Gasteiger partial charge is 0.480 e. The van der Waals surface area contributed by atoms with Crippen LogP contribution in [-0.4, -0.2) is 116 Å². The molecule has 2 aliphatic carbocycles. The number of aryl methyl sites for hydroxylation is 4. The first-order chi connectivity index (χ1) is 47.5. The smallest absolute Gasteiger partial charge is 0.391 e. The summed E-state index contributed by atoms with van der Waals surface area (Å²) in [5.74, 6) is 5.60. The Morgan fingerprint density at radius 3 is 1.43 bits per heavy atom. The lowest BCUT2D eigenvalue weighted by Gasteiger charge is -2.31. The second-order valence-electron chi connectivity index (χ2n) is 26.1. The number of rotatable bonds is 16. The zero-order valence-electron chi connectivity index (χ0n) is 57.4. The Bertz CT molecular complexity index is 4760. The second-order valence-corrected chi connectivity index (χ2v) is 26.5. The van der Waals surface area contributed by atoms with Crippen LogP contribution < -0.4 is 44.5 Å². The first-order valence-corrected chi connectivity index (χ1v) is 32.7. The van der Waals surface area contributed by atoms with Gasteiger partial charge in [0.15, 0.2) is 11.9 Å². The summed E-state index contributed by atoms with van der Waals surface area (Å²) in [7, 11) is 6.57. The zero-order chi connectivity index (χ0) is 70.0. The van der Waals surface area contributed by atoms with Crippen molar-refractivity contribution in [2.24, 2.45) is 17.9 Å². The molecular weight excluding hydrogens is 1280 g/mol. The average molecular weight is 1360 g/mol. The predicted octanol–water partition coefficient (Wildman–Crippen LogP) is 10.7. The fourth-order valence-corrected chi connectivity index (χ4v) is 13.6. The summed E-state index contributed by atoms with van der Waals surface area (Å²) in [4.78, 5) is 86.5. The van der Waals surface area contributed by atoms with E-state index in [4.69, 9.17) is 30.5 Å². The highest BCUT2D eigenvalue weighted by molar-refractivity contribution is 6.30. The molecular formula is C72H78ClN18O8+. The van der Waals surface area contributed by atoms with Gasteiger partial charge in [0, 0.05) is 110 Å². The van der Waals surface area contributed by atoms with Crippen molar-refractivity contribution in [1.82, 2.24) is 59.0 Å². The summed E-state index contributed by atoms with van der Waals surface area (Å²) in [6.07, 6.45) is 17.4.